The van der Waals surface area contributed by atoms with E-state index < -0.39 is 6.10 Å². The van der Waals surface area contributed by atoms with Crippen LogP contribution in [0.25, 0.3) is 0 Å². The zero-order chi connectivity index (χ0) is 19.1. The highest BCUT2D eigenvalue weighted by Crippen LogP contribution is 2.17. The van der Waals surface area contributed by atoms with Crippen LogP contribution in [-0.2, 0) is 16.0 Å². The molecular weight excluding hydrogens is 343 g/mol. The Balaban J connectivity index is 1.69. The lowest BCUT2D eigenvalue weighted by Crippen LogP contribution is -2.44. The molecule has 2 unspecified atom stereocenters. The number of ether oxygens (including phenoxy) is 1. The Hall–Kier alpha value is -2.24. The minimum absolute atomic E-state index is 0.127. The van der Waals surface area contributed by atoms with Crippen molar-refractivity contribution in [3.63, 3.8) is 0 Å². The van der Waals surface area contributed by atoms with Gasteiger partial charge in [0.15, 0.2) is 0 Å². The number of rotatable bonds is 7. The number of halogens is 1. The number of anilines is 1. The van der Waals surface area contributed by atoms with Crippen LogP contribution in [0.5, 0.6) is 0 Å². The van der Waals surface area contributed by atoms with Gasteiger partial charge in [-0.25, -0.2) is 4.39 Å². The number of nitrogens with one attached hydrogen (secondary N) is 1. The Morgan fingerprint density at radius 2 is 1.74 bits per heavy atom. The summed E-state index contributed by atoms with van der Waals surface area (Å²) in [5.74, 6) is -0.543. The molecule has 1 heterocycles. The van der Waals surface area contributed by atoms with Crippen molar-refractivity contribution >= 4 is 11.6 Å². The average Bonchev–Trinajstić information content (AvgIpc) is 2.70. The fourth-order valence-corrected chi connectivity index (χ4v) is 3.39. The number of benzene rings is 2. The number of amides is 1. The molecule has 0 aromatic heterocycles. The SMILES string of the molecule is CC(OC(Cc1ccccc1)C(=O)Nc1ccc(F)cc1)N1CCCCC1. The molecule has 1 aliphatic rings. The second-order valence-electron chi connectivity index (χ2n) is 7.01. The highest BCUT2D eigenvalue weighted by molar-refractivity contribution is 5.94. The Kier molecular flexibility index (Phi) is 6.96. The molecule has 0 saturated carbocycles. The summed E-state index contributed by atoms with van der Waals surface area (Å²) in [6, 6.07) is 15.6. The van der Waals surface area contributed by atoms with Gasteiger partial charge in [0, 0.05) is 25.2 Å². The van der Waals surface area contributed by atoms with E-state index in [0.717, 1.165) is 18.7 Å². The summed E-state index contributed by atoms with van der Waals surface area (Å²) >= 11 is 0. The van der Waals surface area contributed by atoms with Crippen molar-refractivity contribution in [1.82, 2.24) is 4.90 Å². The lowest BCUT2D eigenvalue weighted by Gasteiger charge is -2.34. The largest absolute Gasteiger partial charge is 0.350 e. The molecule has 1 saturated heterocycles. The maximum atomic E-state index is 13.1. The Labute approximate surface area is 160 Å². The predicted octanol–water partition coefficient (Wildman–Crippen LogP) is 4.22. The topological polar surface area (TPSA) is 41.6 Å². The summed E-state index contributed by atoms with van der Waals surface area (Å²) in [6.45, 7) is 4.01. The highest BCUT2D eigenvalue weighted by atomic mass is 19.1. The molecule has 5 heteroatoms. The summed E-state index contributed by atoms with van der Waals surface area (Å²) in [5.41, 5.74) is 1.61. The summed E-state index contributed by atoms with van der Waals surface area (Å²) in [4.78, 5) is 15.2. The first-order chi connectivity index (χ1) is 13.1. The van der Waals surface area contributed by atoms with E-state index in [4.69, 9.17) is 4.74 Å². The third-order valence-electron chi connectivity index (χ3n) is 4.93. The van der Waals surface area contributed by atoms with Crippen molar-refractivity contribution in [1.29, 1.82) is 0 Å². The maximum Gasteiger partial charge on any atom is 0.253 e. The molecule has 0 bridgehead atoms. The smallest absolute Gasteiger partial charge is 0.253 e. The van der Waals surface area contributed by atoms with E-state index in [2.05, 4.69) is 10.2 Å². The molecular formula is C22H27FN2O2. The van der Waals surface area contributed by atoms with E-state index in [9.17, 15) is 9.18 Å². The summed E-state index contributed by atoms with van der Waals surface area (Å²) in [6.07, 6.45) is 3.33. The zero-order valence-electron chi connectivity index (χ0n) is 15.7. The van der Waals surface area contributed by atoms with Gasteiger partial charge in [0.25, 0.3) is 5.91 Å². The lowest BCUT2D eigenvalue weighted by atomic mass is 10.1. The van der Waals surface area contributed by atoms with Crippen LogP contribution in [0.2, 0.25) is 0 Å². The van der Waals surface area contributed by atoms with Crippen molar-refractivity contribution in [3.8, 4) is 0 Å². The second-order valence-corrected chi connectivity index (χ2v) is 7.01. The van der Waals surface area contributed by atoms with Gasteiger partial charge in [-0.1, -0.05) is 36.8 Å². The van der Waals surface area contributed by atoms with Crippen LogP contribution in [0.15, 0.2) is 54.6 Å². The average molecular weight is 370 g/mol. The minimum atomic E-state index is -0.616. The Morgan fingerprint density at radius 1 is 1.07 bits per heavy atom. The monoisotopic (exact) mass is 370 g/mol. The van der Waals surface area contributed by atoms with Crippen LogP contribution in [0.4, 0.5) is 10.1 Å². The number of carbonyl (C=O) groups is 1. The van der Waals surface area contributed by atoms with Gasteiger partial charge in [0.2, 0.25) is 0 Å². The van der Waals surface area contributed by atoms with Crippen molar-refractivity contribution in [2.45, 2.75) is 44.9 Å². The van der Waals surface area contributed by atoms with Gasteiger partial charge >= 0.3 is 0 Å². The number of hydrogen-bond acceptors (Lipinski definition) is 3. The third kappa shape index (κ3) is 5.88. The third-order valence-corrected chi connectivity index (χ3v) is 4.93. The molecule has 2 aromatic rings. The normalized spacial score (nSPS) is 17.3. The van der Waals surface area contributed by atoms with Crippen molar-refractivity contribution in [2.75, 3.05) is 18.4 Å². The molecule has 0 aliphatic carbocycles. The van der Waals surface area contributed by atoms with Crippen LogP contribution in [0.3, 0.4) is 0 Å². The highest BCUT2D eigenvalue weighted by Gasteiger charge is 2.26. The molecule has 2 aromatic carbocycles. The van der Waals surface area contributed by atoms with Gasteiger partial charge in [-0.2, -0.15) is 0 Å². The molecule has 2 atom stereocenters. The van der Waals surface area contributed by atoms with Crippen LogP contribution in [0.1, 0.15) is 31.7 Å². The van der Waals surface area contributed by atoms with Crippen LogP contribution in [0, 0.1) is 5.82 Å². The van der Waals surface area contributed by atoms with Gasteiger partial charge in [0.05, 0.1) is 0 Å². The van der Waals surface area contributed by atoms with Crippen LogP contribution in [-0.4, -0.2) is 36.2 Å². The molecule has 1 amide bonds. The fourth-order valence-electron chi connectivity index (χ4n) is 3.39. The van der Waals surface area contributed by atoms with E-state index >= 15 is 0 Å². The van der Waals surface area contributed by atoms with E-state index in [1.54, 1.807) is 12.1 Å². The van der Waals surface area contributed by atoms with E-state index in [0.29, 0.717) is 12.1 Å². The van der Waals surface area contributed by atoms with Gasteiger partial charge in [0.1, 0.15) is 18.1 Å². The van der Waals surface area contributed by atoms with Gasteiger partial charge < -0.3 is 10.1 Å². The molecule has 4 nitrogen and oxygen atoms in total. The van der Waals surface area contributed by atoms with Crippen molar-refractivity contribution in [2.24, 2.45) is 0 Å². The molecule has 3 rings (SSSR count). The Morgan fingerprint density at radius 3 is 2.41 bits per heavy atom. The minimum Gasteiger partial charge on any atom is -0.350 e. The Bertz CT molecular complexity index is 715. The number of hydrogen-bond donors (Lipinski definition) is 1. The maximum absolute atomic E-state index is 13.1. The summed E-state index contributed by atoms with van der Waals surface area (Å²) < 4.78 is 19.3. The van der Waals surface area contributed by atoms with Gasteiger partial charge in [-0.05, 0) is 49.6 Å². The van der Waals surface area contributed by atoms with E-state index in [-0.39, 0.29) is 18.0 Å². The fraction of sp³-hybridized carbons (Fsp3) is 0.409. The molecule has 1 fully saturated rings. The molecule has 0 spiro atoms. The number of piperidine rings is 1. The molecule has 144 valence electrons. The summed E-state index contributed by atoms with van der Waals surface area (Å²) in [7, 11) is 0. The first-order valence-corrected chi connectivity index (χ1v) is 9.62. The predicted molar refractivity (Wildman–Crippen MR) is 105 cm³/mol. The standard InChI is InChI=1S/C22H27FN2O2/c1-17(25-14-6-3-7-15-25)27-21(16-18-8-4-2-5-9-18)22(26)24-20-12-10-19(23)11-13-20/h2,4-5,8-13,17,21H,3,6-7,14-16H2,1H3,(H,24,26). The first-order valence-electron chi connectivity index (χ1n) is 9.62. The van der Waals surface area contributed by atoms with Crippen molar-refractivity contribution in [3.05, 3.63) is 66.0 Å². The second kappa shape index (κ2) is 9.62. The first kappa shape index (κ1) is 19.5. The number of likely N-dealkylation sites (tertiary alicyclic amines) is 1. The zero-order valence-corrected chi connectivity index (χ0v) is 15.7. The van der Waals surface area contributed by atoms with Crippen LogP contribution >= 0.6 is 0 Å². The molecule has 1 N–H and O–H groups in total. The number of nitrogens with zero attached hydrogens (tertiary/aromatic N) is 1. The quantitative estimate of drug-likeness (QED) is 0.793. The summed E-state index contributed by atoms with van der Waals surface area (Å²) in [5, 5.41) is 2.85. The molecule has 0 radical (unpaired) electrons. The number of carbonyl (C=O) groups excluding carboxylic acids is 1. The molecule has 27 heavy (non-hydrogen) atoms. The van der Waals surface area contributed by atoms with Crippen LogP contribution < -0.4 is 5.32 Å². The van der Waals surface area contributed by atoms with E-state index in [1.165, 1.54) is 31.4 Å². The van der Waals surface area contributed by atoms with Gasteiger partial charge in [-0.3, -0.25) is 9.69 Å². The van der Waals surface area contributed by atoms with Gasteiger partial charge in [-0.15, -0.1) is 0 Å². The van der Waals surface area contributed by atoms with E-state index in [1.807, 2.05) is 37.3 Å². The lowest BCUT2D eigenvalue weighted by molar-refractivity contribution is -0.141. The van der Waals surface area contributed by atoms with Crippen molar-refractivity contribution < 1.29 is 13.9 Å². The molecule has 1 aliphatic heterocycles.